The molecule has 0 N–H and O–H groups in total. The summed E-state index contributed by atoms with van der Waals surface area (Å²) in [5.74, 6) is 0.276. The van der Waals surface area contributed by atoms with Gasteiger partial charge in [0.1, 0.15) is 17.3 Å². The van der Waals surface area contributed by atoms with Crippen LogP contribution in [-0.4, -0.2) is 27.7 Å². The van der Waals surface area contributed by atoms with Gasteiger partial charge in [0.25, 0.3) is 9.05 Å². The zero-order valence-electron chi connectivity index (χ0n) is 9.13. The summed E-state index contributed by atoms with van der Waals surface area (Å²) in [6.45, 7) is 1.09. The van der Waals surface area contributed by atoms with Crippen molar-refractivity contribution in [2.24, 2.45) is 0 Å². The molecule has 6 heteroatoms. The monoisotopic (exact) mass is 276 g/mol. The highest BCUT2D eigenvalue weighted by Gasteiger charge is 2.19. The zero-order chi connectivity index (χ0) is 12.3. The summed E-state index contributed by atoms with van der Waals surface area (Å²) < 4.78 is 33.5. The first-order valence-electron chi connectivity index (χ1n) is 5.35. The third-order valence-electron chi connectivity index (χ3n) is 2.56. The quantitative estimate of drug-likeness (QED) is 0.791. The van der Waals surface area contributed by atoms with E-state index in [1.807, 2.05) is 0 Å². The second-order valence-electron chi connectivity index (χ2n) is 3.83. The van der Waals surface area contributed by atoms with Crippen molar-refractivity contribution >= 4 is 19.7 Å². The van der Waals surface area contributed by atoms with E-state index < -0.39 is 9.05 Å². The lowest BCUT2D eigenvalue weighted by Gasteiger charge is -2.13. The summed E-state index contributed by atoms with van der Waals surface area (Å²) in [5, 5.41) is 0. The summed E-state index contributed by atoms with van der Waals surface area (Å²) in [7, 11) is 1.55. The minimum Gasteiger partial charge on any atom is -0.489 e. The van der Waals surface area contributed by atoms with Crippen molar-refractivity contribution in [3.05, 3.63) is 24.3 Å². The molecule has 0 aliphatic carbocycles. The molecule has 94 valence electrons. The van der Waals surface area contributed by atoms with E-state index in [2.05, 4.69) is 0 Å². The summed E-state index contributed by atoms with van der Waals surface area (Å²) in [4.78, 5) is -0.000311. The average Bonchev–Trinajstić information content (AvgIpc) is 2.78. The number of hydrogen-bond acceptors (Lipinski definition) is 4. The lowest BCUT2D eigenvalue weighted by molar-refractivity contribution is 0.0669. The molecule has 0 spiro atoms. The molecule has 1 atom stereocenters. The molecular weight excluding hydrogens is 264 g/mol. The van der Waals surface area contributed by atoms with Gasteiger partial charge in [0.15, 0.2) is 0 Å². The molecule has 1 aromatic rings. The van der Waals surface area contributed by atoms with E-state index in [-0.39, 0.29) is 16.7 Å². The minimum absolute atomic E-state index is 0.000311. The Morgan fingerprint density at radius 2 is 2.18 bits per heavy atom. The van der Waals surface area contributed by atoms with Gasteiger partial charge in [-0.05, 0) is 25.0 Å². The molecule has 17 heavy (non-hydrogen) atoms. The first-order chi connectivity index (χ1) is 8.07. The Bertz CT molecular complexity index is 480. The molecule has 1 unspecified atom stereocenters. The van der Waals surface area contributed by atoms with Gasteiger partial charge in [-0.25, -0.2) is 8.42 Å². The standard InChI is InChI=1S/C11H13ClO4S/c12-17(13,14)11-6-2-1-5-10(11)16-8-9-4-3-7-15-9/h1-2,5-6,9H,3-4,7-8H2. The average molecular weight is 277 g/mol. The van der Waals surface area contributed by atoms with Gasteiger partial charge in [0, 0.05) is 17.3 Å². The molecule has 0 aromatic heterocycles. The predicted octanol–water partition coefficient (Wildman–Crippen LogP) is 2.17. The molecule has 0 bridgehead atoms. The van der Waals surface area contributed by atoms with E-state index in [0.29, 0.717) is 6.61 Å². The number of rotatable bonds is 4. The van der Waals surface area contributed by atoms with E-state index in [0.717, 1.165) is 19.4 Å². The number of hydrogen-bond donors (Lipinski definition) is 0. The van der Waals surface area contributed by atoms with Gasteiger partial charge < -0.3 is 9.47 Å². The zero-order valence-corrected chi connectivity index (χ0v) is 10.7. The molecule has 1 aliphatic rings. The number of ether oxygens (including phenoxy) is 2. The number of benzene rings is 1. The van der Waals surface area contributed by atoms with Crippen molar-refractivity contribution in [2.45, 2.75) is 23.8 Å². The molecule has 4 nitrogen and oxygen atoms in total. The van der Waals surface area contributed by atoms with Crippen LogP contribution in [0.2, 0.25) is 0 Å². The van der Waals surface area contributed by atoms with Crippen LogP contribution in [0.1, 0.15) is 12.8 Å². The largest absolute Gasteiger partial charge is 0.489 e. The maximum Gasteiger partial charge on any atom is 0.264 e. The summed E-state index contributed by atoms with van der Waals surface area (Å²) in [6.07, 6.45) is 2.00. The summed E-state index contributed by atoms with van der Waals surface area (Å²) in [5.41, 5.74) is 0. The summed E-state index contributed by atoms with van der Waals surface area (Å²) in [6, 6.07) is 6.32. The first-order valence-corrected chi connectivity index (χ1v) is 7.66. The fraction of sp³-hybridized carbons (Fsp3) is 0.455. The molecular formula is C11H13ClO4S. The van der Waals surface area contributed by atoms with Crippen molar-refractivity contribution < 1.29 is 17.9 Å². The van der Waals surface area contributed by atoms with Gasteiger partial charge >= 0.3 is 0 Å². The molecule has 1 fully saturated rings. The number of halogens is 1. The smallest absolute Gasteiger partial charge is 0.264 e. The van der Waals surface area contributed by atoms with Gasteiger partial charge in [-0.15, -0.1) is 0 Å². The van der Waals surface area contributed by atoms with Gasteiger partial charge in [0.2, 0.25) is 0 Å². The highest BCUT2D eigenvalue weighted by atomic mass is 35.7. The van der Waals surface area contributed by atoms with Crippen LogP contribution in [0.15, 0.2) is 29.2 Å². The Balaban J connectivity index is 2.09. The van der Waals surface area contributed by atoms with Crippen LogP contribution in [0.3, 0.4) is 0 Å². The molecule has 2 rings (SSSR count). The van der Waals surface area contributed by atoms with Crippen molar-refractivity contribution in [2.75, 3.05) is 13.2 Å². The van der Waals surface area contributed by atoms with Crippen LogP contribution in [0.4, 0.5) is 0 Å². The molecule has 1 saturated heterocycles. The third-order valence-corrected chi connectivity index (χ3v) is 3.92. The van der Waals surface area contributed by atoms with E-state index >= 15 is 0 Å². The normalized spacial score (nSPS) is 20.4. The fourth-order valence-electron chi connectivity index (χ4n) is 1.73. The van der Waals surface area contributed by atoms with Gasteiger partial charge in [-0.2, -0.15) is 0 Å². The van der Waals surface area contributed by atoms with E-state index in [1.54, 1.807) is 18.2 Å². The lowest BCUT2D eigenvalue weighted by atomic mass is 10.2. The Labute approximate surface area is 105 Å². The first kappa shape index (κ1) is 12.7. The Morgan fingerprint density at radius 3 is 2.82 bits per heavy atom. The molecule has 0 radical (unpaired) electrons. The van der Waals surface area contributed by atoms with Crippen molar-refractivity contribution in [3.8, 4) is 5.75 Å². The van der Waals surface area contributed by atoms with Gasteiger partial charge in [-0.1, -0.05) is 12.1 Å². The van der Waals surface area contributed by atoms with Crippen LogP contribution in [-0.2, 0) is 13.8 Å². The minimum atomic E-state index is -3.77. The highest BCUT2D eigenvalue weighted by molar-refractivity contribution is 8.13. The Kier molecular flexibility index (Phi) is 3.91. The van der Waals surface area contributed by atoms with Crippen LogP contribution in [0.5, 0.6) is 5.75 Å². The molecule has 1 aromatic carbocycles. The Morgan fingerprint density at radius 1 is 1.41 bits per heavy atom. The van der Waals surface area contributed by atoms with E-state index in [1.165, 1.54) is 6.07 Å². The van der Waals surface area contributed by atoms with Crippen LogP contribution >= 0.6 is 10.7 Å². The van der Waals surface area contributed by atoms with Crippen LogP contribution in [0, 0.1) is 0 Å². The van der Waals surface area contributed by atoms with Crippen molar-refractivity contribution in [1.82, 2.24) is 0 Å². The lowest BCUT2D eigenvalue weighted by Crippen LogP contribution is -2.17. The van der Waals surface area contributed by atoms with Crippen LogP contribution in [0.25, 0.3) is 0 Å². The van der Waals surface area contributed by atoms with Crippen molar-refractivity contribution in [3.63, 3.8) is 0 Å². The fourth-order valence-corrected chi connectivity index (χ4v) is 2.72. The SMILES string of the molecule is O=S(=O)(Cl)c1ccccc1OCC1CCCO1. The molecule has 1 aliphatic heterocycles. The van der Waals surface area contributed by atoms with Gasteiger partial charge in [0.05, 0.1) is 6.10 Å². The number of para-hydroxylation sites is 1. The maximum atomic E-state index is 11.3. The highest BCUT2D eigenvalue weighted by Crippen LogP contribution is 2.27. The Hall–Kier alpha value is -0.780. The molecule has 1 heterocycles. The van der Waals surface area contributed by atoms with E-state index in [4.69, 9.17) is 20.2 Å². The second-order valence-corrected chi connectivity index (χ2v) is 6.36. The van der Waals surface area contributed by atoms with Crippen LogP contribution < -0.4 is 4.74 Å². The second kappa shape index (κ2) is 5.25. The summed E-state index contributed by atoms with van der Waals surface area (Å²) >= 11 is 0. The van der Waals surface area contributed by atoms with Crippen molar-refractivity contribution in [1.29, 1.82) is 0 Å². The molecule has 0 saturated carbocycles. The predicted molar refractivity (Wildman–Crippen MR) is 63.9 cm³/mol. The van der Waals surface area contributed by atoms with Gasteiger partial charge in [-0.3, -0.25) is 0 Å². The maximum absolute atomic E-state index is 11.3. The van der Waals surface area contributed by atoms with E-state index in [9.17, 15) is 8.42 Å². The third kappa shape index (κ3) is 3.34. The molecule has 0 amide bonds. The topological polar surface area (TPSA) is 52.6 Å².